The Labute approximate surface area is 93.0 Å². The summed E-state index contributed by atoms with van der Waals surface area (Å²) in [5, 5.41) is 11.6. The summed E-state index contributed by atoms with van der Waals surface area (Å²) >= 11 is 0. The molecule has 0 aliphatic heterocycles. The summed E-state index contributed by atoms with van der Waals surface area (Å²) in [7, 11) is 1.30. The molecule has 0 saturated carbocycles. The Hall–Kier alpha value is -2.04. The number of aromatic carboxylic acids is 1. The van der Waals surface area contributed by atoms with Crippen LogP contribution < -0.4 is 5.32 Å². The standard InChI is InChI=1S/C11H13NO4/c1-7(11(15)16-2)12-9-5-3-4-8(6-9)10(13)14/h3-7,12H,1-2H3,(H,13,14). The number of carboxylic acid groups (broad SMARTS) is 1. The van der Waals surface area contributed by atoms with Crippen molar-refractivity contribution in [2.75, 3.05) is 12.4 Å². The van der Waals surface area contributed by atoms with Crippen LogP contribution in [0.25, 0.3) is 0 Å². The van der Waals surface area contributed by atoms with Gasteiger partial charge in [0.25, 0.3) is 0 Å². The highest BCUT2D eigenvalue weighted by atomic mass is 16.5. The Morgan fingerprint density at radius 2 is 2.12 bits per heavy atom. The van der Waals surface area contributed by atoms with Crippen LogP contribution >= 0.6 is 0 Å². The molecule has 0 fully saturated rings. The van der Waals surface area contributed by atoms with Gasteiger partial charge in [-0.05, 0) is 25.1 Å². The topological polar surface area (TPSA) is 75.6 Å². The monoisotopic (exact) mass is 223 g/mol. The Bertz CT molecular complexity index is 403. The van der Waals surface area contributed by atoms with Crippen LogP contribution in [0.2, 0.25) is 0 Å². The van der Waals surface area contributed by atoms with E-state index >= 15 is 0 Å². The first kappa shape index (κ1) is 12.0. The van der Waals surface area contributed by atoms with Crippen LogP contribution in [0.15, 0.2) is 24.3 Å². The summed E-state index contributed by atoms with van der Waals surface area (Å²) in [6.07, 6.45) is 0. The van der Waals surface area contributed by atoms with Crippen molar-refractivity contribution in [3.63, 3.8) is 0 Å². The molecule has 0 aliphatic rings. The zero-order valence-corrected chi connectivity index (χ0v) is 9.06. The van der Waals surface area contributed by atoms with Crippen molar-refractivity contribution in [2.24, 2.45) is 0 Å². The van der Waals surface area contributed by atoms with Gasteiger partial charge >= 0.3 is 11.9 Å². The van der Waals surface area contributed by atoms with Crippen LogP contribution in [0.3, 0.4) is 0 Å². The van der Waals surface area contributed by atoms with Gasteiger partial charge in [0, 0.05) is 5.69 Å². The summed E-state index contributed by atoms with van der Waals surface area (Å²) < 4.78 is 4.54. The minimum Gasteiger partial charge on any atom is -0.478 e. The third kappa shape index (κ3) is 2.98. The van der Waals surface area contributed by atoms with Gasteiger partial charge < -0.3 is 15.2 Å². The van der Waals surface area contributed by atoms with Crippen molar-refractivity contribution in [2.45, 2.75) is 13.0 Å². The van der Waals surface area contributed by atoms with Crippen molar-refractivity contribution >= 4 is 17.6 Å². The predicted molar refractivity (Wildman–Crippen MR) is 58.5 cm³/mol. The van der Waals surface area contributed by atoms with E-state index in [1.807, 2.05) is 0 Å². The van der Waals surface area contributed by atoms with Crippen LogP contribution in [0.5, 0.6) is 0 Å². The SMILES string of the molecule is COC(=O)C(C)Nc1cccc(C(=O)O)c1. The molecular weight excluding hydrogens is 210 g/mol. The number of rotatable bonds is 4. The van der Waals surface area contributed by atoms with Crippen molar-refractivity contribution in [3.8, 4) is 0 Å². The molecule has 1 atom stereocenters. The summed E-state index contributed by atoms with van der Waals surface area (Å²) in [5.74, 6) is -1.41. The van der Waals surface area contributed by atoms with E-state index in [1.54, 1.807) is 19.1 Å². The lowest BCUT2D eigenvalue weighted by Gasteiger charge is -2.12. The van der Waals surface area contributed by atoms with Crippen molar-refractivity contribution in [1.29, 1.82) is 0 Å². The highest BCUT2D eigenvalue weighted by molar-refractivity contribution is 5.89. The summed E-state index contributed by atoms with van der Waals surface area (Å²) in [6.45, 7) is 1.64. The lowest BCUT2D eigenvalue weighted by molar-refractivity contribution is -0.141. The maximum Gasteiger partial charge on any atom is 0.335 e. The number of methoxy groups -OCH3 is 1. The molecule has 0 spiro atoms. The van der Waals surface area contributed by atoms with E-state index in [9.17, 15) is 9.59 Å². The molecule has 0 aliphatic carbocycles. The Morgan fingerprint density at radius 1 is 1.44 bits per heavy atom. The van der Waals surface area contributed by atoms with Crippen LogP contribution in [0, 0.1) is 0 Å². The minimum absolute atomic E-state index is 0.169. The Morgan fingerprint density at radius 3 is 2.69 bits per heavy atom. The molecule has 1 aromatic rings. The molecule has 1 unspecified atom stereocenters. The van der Waals surface area contributed by atoms with Crippen molar-refractivity contribution < 1.29 is 19.4 Å². The average Bonchev–Trinajstić information content (AvgIpc) is 2.28. The van der Waals surface area contributed by atoms with Gasteiger partial charge in [0.1, 0.15) is 6.04 Å². The maximum atomic E-state index is 11.1. The molecule has 0 aromatic heterocycles. The van der Waals surface area contributed by atoms with Gasteiger partial charge in [-0.3, -0.25) is 0 Å². The van der Waals surface area contributed by atoms with Gasteiger partial charge in [-0.25, -0.2) is 9.59 Å². The average molecular weight is 223 g/mol. The molecular formula is C11H13NO4. The molecule has 0 heterocycles. The van der Waals surface area contributed by atoms with Gasteiger partial charge in [-0.2, -0.15) is 0 Å². The molecule has 2 N–H and O–H groups in total. The fraction of sp³-hybridized carbons (Fsp3) is 0.273. The van der Waals surface area contributed by atoms with Gasteiger partial charge in [0.15, 0.2) is 0 Å². The van der Waals surface area contributed by atoms with E-state index in [0.29, 0.717) is 5.69 Å². The van der Waals surface area contributed by atoms with Crippen molar-refractivity contribution in [1.82, 2.24) is 0 Å². The number of carboxylic acids is 1. The molecule has 0 amide bonds. The first-order chi connectivity index (χ1) is 7.54. The molecule has 0 bridgehead atoms. The van der Waals surface area contributed by atoms with E-state index < -0.39 is 18.0 Å². The second kappa shape index (κ2) is 5.16. The summed E-state index contributed by atoms with van der Waals surface area (Å²) in [6, 6.07) is 5.72. The Balaban J connectivity index is 2.78. The number of carbonyl (C=O) groups excluding carboxylic acids is 1. The molecule has 86 valence electrons. The molecule has 16 heavy (non-hydrogen) atoms. The molecule has 0 radical (unpaired) electrons. The fourth-order valence-corrected chi connectivity index (χ4v) is 1.23. The normalized spacial score (nSPS) is 11.6. The number of anilines is 1. The maximum absolute atomic E-state index is 11.1. The second-order valence-electron chi connectivity index (χ2n) is 3.28. The second-order valence-corrected chi connectivity index (χ2v) is 3.28. The summed E-state index contributed by atoms with van der Waals surface area (Å²) in [5.41, 5.74) is 0.736. The quantitative estimate of drug-likeness (QED) is 0.754. The summed E-state index contributed by atoms with van der Waals surface area (Å²) in [4.78, 5) is 21.8. The third-order valence-electron chi connectivity index (χ3n) is 2.05. The van der Waals surface area contributed by atoms with Crippen LogP contribution in [-0.2, 0) is 9.53 Å². The smallest absolute Gasteiger partial charge is 0.335 e. The highest BCUT2D eigenvalue weighted by Gasteiger charge is 2.13. The lowest BCUT2D eigenvalue weighted by atomic mass is 10.2. The molecule has 5 heteroatoms. The number of hydrogen-bond acceptors (Lipinski definition) is 4. The van der Waals surface area contributed by atoms with Crippen LogP contribution in [-0.4, -0.2) is 30.2 Å². The van der Waals surface area contributed by atoms with E-state index in [-0.39, 0.29) is 5.56 Å². The number of carbonyl (C=O) groups is 2. The van der Waals surface area contributed by atoms with Gasteiger partial charge in [-0.1, -0.05) is 6.07 Å². The zero-order chi connectivity index (χ0) is 12.1. The van der Waals surface area contributed by atoms with E-state index in [1.165, 1.54) is 19.2 Å². The van der Waals surface area contributed by atoms with Crippen LogP contribution in [0.1, 0.15) is 17.3 Å². The zero-order valence-electron chi connectivity index (χ0n) is 9.06. The number of ether oxygens (including phenoxy) is 1. The lowest BCUT2D eigenvalue weighted by Crippen LogP contribution is -2.27. The van der Waals surface area contributed by atoms with E-state index in [4.69, 9.17) is 5.11 Å². The van der Waals surface area contributed by atoms with E-state index in [2.05, 4.69) is 10.1 Å². The number of nitrogens with one attached hydrogen (secondary N) is 1. The number of benzene rings is 1. The van der Waals surface area contributed by atoms with Crippen LogP contribution in [0.4, 0.5) is 5.69 Å². The van der Waals surface area contributed by atoms with Gasteiger partial charge in [0.05, 0.1) is 12.7 Å². The van der Waals surface area contributed by atoms with Gasteiger partial charge in [0.2, 0.25) is 0 Å². The first-order valence-electron chi connectivity index (χ1n) is 4.72. The molecule has 1 aromatic carbocycles. The number of hydrogen-bond donors (Lipinski definition) is 2. The molecule has 1 rings (SSSR count). The molecule has 5 nitrogen and oxygen atoms in total. The minimum atomic E-state index is -1.01. The first-order valence-corrected chi connectivity index (χ1v) is 4.72. The highest BCUT2D eigenvalue weighted by Crippen LogP contribution is 2.12. The number of esters is 1. The molecule has 0 saturated heterocycles. The fourth-order valence-electron chi connectivity index (χ4n) is 1.23. The van der Waals surface area contributed by atoms with Crippen molar-refractivity contribution in [3.05, 3.63) is 29.8 Å². The third-order valence-corrected chi connectivity index (χ3v) is 2.05. The largest absolute Gasteiger partial charge is 0.478 e. The Kier molecular flexibility index (Phi) is 3.88. The van der Waals surface area contributed by atoms with E-state index in [0.717, 1.165) is 0 Å². The van der Waals surface area contributed by atoms with Gasteiger partial charge in [-0.15, -0.1) is 0 Å². The predicted octanol–water partition coefficient (Wildman–Crippen LogP) is 1.36.